The zero-order valence-electron chi connectivity index (χ0n) is 11.2. The van der Waals surface area contributed by atoms with Gasteiger partial charge in [0.05, 0.1) is 0 Å². The number of aromatic nitrogens is 2. The normalized spacial score (nSPS) is 19.7. The van der Waals surface area contributed by atoms with Crippen molar-refractivity contribution in [2.45, 2.75) is 38.3 Å². The summed E-state index contributed by atoms with van der Waals surface area (Å²) in [5, 5.41) is 9.61. The Bertz CT molecular complexity index is 415. The van der Waals surface area contributed by atoms with Gasteiger partial charge in [-0.3, -0.25) is 0 Å². The van der Waals surface area contributed by atoms with E-state index >= 15 is 0 Å². The number of halogens is 1. The van der Waals surface area contributed by atoms with Crippen LogP contribution in [0.4, 0.5) is 5.82 Å². The van der Waals surface area contributed by atoms with Crippen LogP contribution in [0.3, 0.4) is 0 Å². The van der Waals surface area contributed by atoms with Crippen LogP contribution in [0.2, 0.25) is 5.15 Å². The third kappa shape index (κ3) is 3.78. The van der Waals surface area contributed by atoms with E-state index in [0.29, 0.717) is 23.6 Å². The van der Waals surface area contributed by atoms with Gasteiger partial charge in [-0.15, -0.1) is 0 Å². The summed E-state index contributed by atoms with van der Waals surface area (Å²) in [5.74, 6) is 1.43. The first-order valence-electron chi connectivity index (χ1n) is 6.64. The Labute approximate surface area is 118 Å². The first kappa shape index (κ1) is 14.5. The van der Waals surface area contributed by atoms with Crippen molar-refractivity contribution < 1.29 is 9.84 Å². The van der Waals surface area contributed by atoms with Crippen molar-refractivity contribution in [2.75, 3.05) is 25.2 Å². The van der Waals surface area contributed by atoms with Crippen LogP contribution < -0.4 is 4.90 Å². The average Bonchev–Trinajstić information content (AvgIpc) is 2.39. The molecule has 0 aromatic carbocycles. The van der Waals surface area contributed by atoms with Crippen molar-refractivity contribution in [2.24, 2.45) is 0 Å². The summed E-state index contributed by atoms with van der Waals surface area (Å²) < 4.78 is 5.06. The van der Waals surface area contributed by atoms with E-state index < -0.39 is 0 Å². The van der Waals surface area contributed by atoms with Gasteiger partial charge in [0.2, 0.25) is 0 Å². The van der Waals surface area contributed by atoms with Gasteiger partial charge < -0.3 is 14.7 Å². The van der Waals surface area contributed by atoms with Crippen LogP contribution in [0, 0.1) is 0 Å². The van der Waals surface area contributed by atoms with Crippen molar-refractivity contribution in [3.8, 4) is 0 Å². The van der Waals surface area contributed by atoms with Gasteiger partial charge in [0, 0.05) is 32.4 Å². The molecule has 1 aliphatic rings. The number of nitrogens with zero attached hydrogens (tertiary/aromatic N) is 3. The zero-order chi connectivity index (χ0) is 13.7. The number of methoxy groups -OCH3 is 1. The van der Waals surface area contributed by atoms with Gasteiger partial charge in [-0.25, -0.2) is 9.97 Å². The largest absolute Gasteiger partial charge is 0.396 e. The highest BCUT2D eigenvalue weighted by molar-refractivity contribution is 6.29. The molecule has 1 atom stereocenters. The first-order valence-corrected chi connectivity index (χ1v) is 7.02. The highest BCUT2D eigenvalue weighted by Crippen LogP contribution is 2.26. The second-order valence-corrected chi connectivity index (χ2v) is 5.14. The SMILES string of the molecule is COCc1nc(Cl)cc(N2CCCCC2CCO)n1. The van der Waals surface area contributed by atoms with Crippen LogP contribution in [-0.2, 0) is 11.3 Å². The van der Waals surface area contributed by atoms with Crippen molar-refractivity contribution in [3.63, 3.8) is 0 Å². The van der Waals surface area contributed by atoms with E-state index in [1.807, 2.05) is 0 Å². The Morgan fingerprint density at radius 1 is 1.47 bits per heavy atom. The number of piperidine rings is 1. The summed E-state index contributed by atoms with van der Waals surface area (Å²) >= 11 is 6.05. The molecule has 0 amide bonds. The summed E-state index contributed by atoms with van der Waals surface area (Å²) in [6.07, 6.45) is 4.19. The average molecular weight is 286 g/mol. The minimum Gasteiger partial charge on any atom is -0.396 e. The molecule has 2 heterocycles. The molecule has 1 aliphatic heterocycles. The lowest BCUT2D eigenvalue weighted by Gasteiger charge is -2.36. The maximum atomic E-state index is 9.17. The lowest BCUT2D eigenvalue weighted by molar-refractivity contribution is 0.177. The number of hydrogen-bond acceptors (Lipinski definition) is 5. The minimum absolute atomic E-state index is 0.199. The summed E-state index contributed by atoms with van der Waals surface area (Å²) in [4.78, 5) is 10.9. The van der Waals surface area contributed by atoms with Crippen molar-refractivity contribution in [1.29, 1.82) is 0 Å². The third-order valence-corrected chi connectivity index (χ3v) is 3.58. The number of hydrogen-bond donors (Lipinski definition) is 1. The molecule has 1 unspecified atom stereocenters. The number of aliphatic hydroxyl groups excluding tert-OH is 1. The van der Waals surface area contributed by atoms with Crippen molar-refractivity contribution in [3.05, 3.63) is 17.0 Å². The lowest BCUT2D eigenvalue weighted by Crippen LogP contribution is -2.40. The van der Waals surface area contributed by atoms with Gasteiger partial charge in [-0.1, -0.05) is 11.6 Å². The van der Waals surface area contributed by atoms with Crippen molar-refractivity contribution in [1.82, 2.24) is 9.97 Å². The predicted molar refractivity (Wildman–Crippen MR) is 74.4 cm³/mol. The lowest BCUT2D eigenvalue weighted by atomic mass is 10.00. The summed E-state index contributed by atoms with van der Waals surface area (Å²) in [6, 6.07) is 2.12. The molecule has 1 fully saturated rings. The molecule has 0 bridgehead atoms. The van der Waals surface area contributed by atoms with Gasteiger partial charge >= 0.3 is 0 Å². The van der Waals surface area contributed by atoms with Crippen LogP contribution in [-0.4, -0.2) is 41.4 Å². The van der Waals surface area contributed by atoms with Crippen molar-refractivity contribution >= 4 is 17.4 Å². The quantitative estimate of drug-likeness (QED) is 0.839. The Morgan fingerprint density at radius 3 is 3.05 bits per heavy atom. The second kappa shape index (κ2) is 7.03. The highest BCUT2D eigenvalue weighted by Gasteiger charge is 2.23. The molecule has 106 valence electrons. The smallest absolute Gasteiger partial charge is 0.158 e. The molecule has 0 aliphatic carbocycles. The molecule has 2 rings (SSSR count). The summed E-state index contributed by atoms with van der Waals surface area (Å²) in [7, 11) is 1.61. The molecule has 0 saturated carbocycles. The molecule has 1 aromatic heterocycles. The van der Waals surface area contributed by atoms with Crippen LogP contribution in [0.1, 0.15) is 31.5 Å². The van der Waals surface area contributed by atoms with E-state index in [0.717, 1.165) is 31.6 Å². The van der Waals surface area contributed by atoms with Gasteiger partial charge in [-0.2, -0.15) is 0 Å². The standard InChI is InChI=1S/C13H20ClN3O2/c1-19-9-12-15-11(14)8-13(16-12)17-6-3-2-4-10(17)5-7-18/h8,10,18H,2-7,9H2,1H3. The van der Waals surface area contributed by atoms with E-state index in [1.165, 1.54) is 6.42 Å². The number of aliphatic hydroxyl groups is 1. The Hall–Kier alpha value is -0.910. The maximum absolute atomic E-state index is 9.17. The molecule has 1 saturated heterocycles. The molecule has 6 heteroatoms. The van der Waals surface area contributed by atoms with E-state index in [4.69, 9.17) is 16.3 Å². The molecule has 1 N–H and O–H groups in total. The third-order valence-electron chi connectivity index (χ3n) is 3.38. The molecule has 0 spiro atoms. The van der Waals surface area contributed by atoms with Gasteiger partial charge in [-0.05, 0) is 25.7 Å². The van der Waals surface area contributed by atoms with E-state index in [2.05, 4.69) is 14.9 Å². The molecule has 1 aromatic rings. The fourth-order valence-electron chi connectivity index (χ4n) is 2.54. The molecule has 5 nitrogen and oxygen atoms in total. The van der Waals surface area contributed by atoms with Crippen LogP contribution in [0.15, 0.2) is 6.07 Å². The molecule has 0 radical (unpaired) electrons. The maximum Gasteiger partial charge on any atom is 0.158 e. The van der Waals surface area contributed by atoms with Gasteiger partial charge in [0.15, 0.2) is 5.82 Å². The fraction of sp³-hybridized carbons (Fsp3) is 0.692. The molecular weight excluding hydrogens is 266 g/mol. The predicted octanol–water partition coefficient (Wildman–Crippen LogP) is 2.02. The molecule has 19 heavy (non-hydrogen) atoms. The van der Waals surface area contributed by atoms with Crippen LogP contribution >= 0.6 is 11.6 Å². The van der Waals surface area contributed by atoms with Crippen LogP contribution in [0.25, 0.3) is 0 Å². The number of anilines is 1. The molecular formula is C13H20ClN3O2. The van der Waals surface area contributed by atoms with Gasteiger partial charge in [0.25, 0.3) is 0 Å². The second-order valence-electron chi connectivity index (χ2n) is 4.75. The zero-order valence-corrected chi connectivity index (χ0v) is 11.9. The topological polar surface area (TPSA) is 58.5 Å². The summed E-state index contributed by atoms with van der Waals surface area (Å²) in [6.45, 7) is 1.50. The summed E-state index contributed by atoms with van der Waals surface area (Å²) in [5.41, 5.74) is 0. The van der Waals surface area contributed by atoms with E-state index in [1.54, 1.807) is 13.2 Å². The number of ether oxygens (including phenoxy) is 1. The Morgan fingerprint density at radius 2 is 2.32 bits per heavy atom. The van der Waals surface area contributed by atoms with E-state index in [-0.39, 0.29) is 6.61 Å². The van der Waals surface area contributed by atoms with E-state index in [9.17, 15) is 5.11 Å². The first-order chi connectivity index (χ1) is 9.24. The number of rotatable bonds is 5. The van der Waals surface area contributed by atoms with Gasteiger partial charge in [0.1, 0.15) is 17.6 Å². The highest BCUT2D eigenvalue weighted by atomic mass is 35.5. The monoisotopic (exact) mass is 285 g/mol. The fourth-order valence-corrected chi connectivity index (χ4v) is 2.74. The minimum atomic E-state index is 0.199. The Balaban J connectivity index is 2.22. The Kier molecular flexibility index (Phi) is 5.36. The van der Waals surface area contributed by atoms with Crippen LogP contribution in [0.5, 0.6) is 0 Å².